The van der Waals surface area contributed by atoms with Crippen LogP contribution in [-0.4, -0.2) is 44.6 Å². The Kier molecular flexibility index (Phi) is 7.98. The van der Waals surface area contributed by atoms with Gasteiger partial charge >= 0.3 is 0 Å². The molecule has 0 aliphatic rings. The van der Waals surface area contributed by atoms with Gasteiger partial charge in [0, 0.05) is 38.5 Å². The molecule has 7 nitrogen and oxygen atoms in total. The topological polar surface area (TPSA) is 80.1 Å². The van der Waals surface area contributed by atoms with Crippen molar-refractivity contribution in [1.82, 2.24) is 19.7 Å². The second kappa shape index (κ2) is 10.4. The second-order valence-corrected chi connectivity index (χ2v) is 6.59. The van der Waals surface area contributed by atoms with Gasteiger partial charge < -0.3 is 14.8 Å². The Labute approximate surface area is 160 Å². The first kappa shape index (κ1) is 20.6. The smallest absolute Gasteiger partial charge is 0.224 e. The van der Waals surface area contributed by atoms with Crippen LogP contribution in [0.15, 0.2) is 30.6 Å². The van der Waals surface area contributed by atoms with Crippen LogP contribution in [0.4, 0.5) is 5.69 Å². The number of para-hydroxylation sites is 1. The highest BCUT2D eigenvalue weighted by Crippen LogP contribution is 2.25. The van der Waals surface area contributed by atoms with Crippen LogP contribution in [0.5, 0.6) is 0 Å². The summed E-state index contributed by atoms with van der Waals surface area (Å²) >= 11 is 0. The summed E-state index contributed by atoms with van der Waals surface area (Å²) in [6.45, 7) is 5.70. The third-order valence-electron chi connectivity index (χ3n) is 4.29. The number of nitrogens with zero attached hydrogens (tertiary/aromatic N) is 4. The van der Waals surface area contributed by atoms with Crippen molar-refractivity contribution in [2.24, 2.45) is 7.05 Å². The Morgan fingerprint density at radius 1 is 1.11 bits per heavy atom. The molecule has 2 amide bonds. The highest BCUT2D eigenvalue weighted by molar-refractivity contribution is 5.94. The van der Waals surface area contributed by atoms with E-state index in [-0.39, 0.29) is 11.8 Å². The molecule has 0 fully saturated rings. The molecule has 1 aromatic heterocycles. The highest BCUT2D eigenvalue weighted by Gasteiger charge is 2.14. The predicted molar refractivity (Wildman–Crippen MR) is 106 cm³/mol. The molecule has 1 N–H and O–H groups in total. The number of hydrogen-bond acceptors (Lipinski definition) is 4. The molecule has 0 saturated heterocycles. The van der Waals surface area contributed by atoms with E-state index in [9.17, 15) is 9.59 Å². The van der Waals surface area contributed by atoms with Crippen LogP contribution in [0, 0.1) is 0 Å². The normalized spacial score (nSPS) is 10.6. The monoisotopic (exact) mass is 371 g/mol. The molecule has 0 aliphatic heterocycles. The zero-order chi connectivity index (χ0) is 19.6. The van der Waals surface area contributed by atoms with Crippen LogP contribution in [-0.2, 0) is 16.6 Å². The largest absolute Gasteiger partial charge is 0.343 e. The van der Waals surface area contributed by atoms with E-state index in [1.807, 2.05) is 36.2 Å². The maximum Gasteiger partial charge on any atom is 0.224 e. The Morgan fingerprint density at radius 3 is 2.44 bits per heavy atom. The number of aryl methyl sites for hydroxylation is 1. The first-order valence-electron chi connectivity index (χ1n) is 9.57. The number of aromatic nitrogens is 3. The van der Waals surface area contributed by atoms with E-state index in [2.05, 4.69) is 29.4 Å². The molecule has 146 valence electrons. The standard InChI is InChI=1S/C20H29N5O2/c1-4-13-25(14-5-2)19(27)12-8-11-18(26)22-17-10-7-6-9-16(17)20-23-21-15-24(20)3/h6-7,9-10,15H,4-5,8,11-14H2,1-3H3,(H,22,26). The second-order valence-electron chi connectivity index (χ2n) is 6.59. The van der Waals surface area contributed by atoms with E-state index in [0.717, 1.165) is 31.5 Å². The summed E-state index contributed by atoms with van der Waals surface area (Å²) in [7, 11) is 1.86. The molecule has 0 unspecified atom stereocenters. The number of anilines is 1. The lowest BCUT2D eigenvalue weighted by Crippen LogP contribution is -2.32. The van der Waals surface area contributed by atoms with Crippen LogP contribution in [0.25, 0.3) is 11.4 Å². The first-order chi connectivity index (χ1) is 13.1. The molecule has 0 atom stereocenters. The van der Waals surface area contributed by atoms with Crippen molar-refractivity contribution in [3.8, 4) is 11.4 Å². The molecular formula is C20H29N5O2. The van der Waals surface area contributed by atoms with Gasteiger partial charge in [-0.15, -0.1) is 10.2 Å². The fraction of sp³-hybridized carbons (Fsp3) is 0.500. The lowest BCUT2D eigenvalue weighted by molar-refractivity contribution is -0.131. The number of nitrogens with one attached hydrogen (secondary N) is 1. The van der Waals surface area contributed by atoms with E-state index in [1.165, 1.54) is 0 Å². The first-order valence-corrected chi connectivity index (χ1v) is 9.57. The molecule has 1 heterocycles. The van der Waals surface area contributed by atoms with Crippen LogP contribution in [0.3, 0.4) is 0 Å². The number of hydrogen-bond donors (Lipinski definition) is 1. The summed E-state index contributed by atoms with van der Waals surface area (Å²) in [6.07, 6.45) is 4.78. The van der Waals surface area contributed by atoms with E-state index in [0.29, 0.717) is 30.8 Å². The Hall–Kier alpha value is -2.70. The van der Waals surface area contributed by atoms with Gasteiger partial charge in [-0.1, -0.05) is 26.0 Å². The van der Waals surface area contributed by atoms with Gasteiger partial charge in [-0.2, -0.15) is 0 Å². The average Bonchev–Trinajstić information content (AvgIpc) is 3.07. The van der Waals surface area contributed by atoms with Gasteiger partial charge in [0.2, 0.25) is 11.8 Å². The summed E-state index contributed by atoms with van der Waals surface area (Å²) in [4.78, 5) is 26.5. The fourth-order valence-corrected chi connectivity index (χ4v) is 2.99. The zero-order valence-electron chi connectivity index (χ0n) is 16.4. The molecule has 0 bridgehead atoms. The van der Waals surface area contributed by atoms with E-state index < -0.39 is 0 Å². The van der Waals surface area contributed by atoms with Crippen LogP contribution < -0.4 is 5.32 Å². The molecule has 2 aromatic rings. The lowest BCUT2D eigenvalue weighted by atomic mass is 10.1. The van der Waals surface area contributed by atoms with Crippen molar-refractivity contribution in [2.75, 3.05) is 18.4 Å². The maximum absolute atomic E-state index is 12.3. The third kappa shape index (κ3) is 5.91. The number of benzene rings is 1. The summed E-state index contributed by atoms with van der Waals surface area (Å²) < 4.78 is 1.81. The molecule has 0 aliphatic carbocycles. The van der Waals surface area contributed by atoms with Crippen molar-refractivity contribution in [3.63, 3.8) is 0 Å². The molecule has 2 rings (SSSR count). The summed E-state index contributed by atoms with van der Waals surface area (Å²) in [5, 5.41) is 10.9. The molecule has 7 heteroatoms. The number of carbonyl (C=O) groups excluding carboxylic acids is 2. The van der Waals surface area contributed by atoms with Gasteiger partial charge in [-0.25, -0.2) is 0 Å². The van der Waals surface area contributed by atoms with Crippen molar-refractivity contribution in [2.45, 2.75) is 46.0 Å². The minimum atomic E-state index is -0.102. The van der Waals surface area contributed by atoms with E-state index in [1.54, 1.807) is 10.9 Å². The Balaban J connectivity index is 1.90. The van der Waals surface area contributed by atoms with Crippen molar-refractivity contribution in [1.29, 1.82) is 0 Å². The highest BCUT2D eigenvalue weighted by atomic mass is 16.2. The molecule has 0 spiro atoms. The Morgan fingerprint density at radius 2 is 1.81 bits per heavy atom. The van der Waals surface area contributed by atoms with Gasteiger partial charge in [0.25, 0.3) is 0 Å². The minimum absolute atomic E-state index is 0.102. The molecule has 27 heavy (non-hydrogen) atoms. The molecule has 0 radical (unpaired) electrons. The van der Waals surface area contributed by atoms with E-state index in [4.69, 9.17) is 0 Å². The molecule has 0 saturated carbocycles. The molecule has 1 aromatic carbocycles. The van der Waals surface area contributed by atoms with Gasteiger partial charge in [0.1, 0.15) is 6.33 Å². The maximum atomic E-state index is 12.3. The van der Waals surface area contributed by atoms with Crippen LogP contribution in [0.2, 0.25) is 0 Å². The lowest BCUT2D eigenvalue weighted by Gasteiger charge is -2.21. The number of amides is 2. The minimum Gasteiger partial charge on any atom is -0.343 e. The molecular weight excluding hydrogens is 342 g/mol. The number of carbonyl (C=O) groups is 2. The summed E-state index contributed by atoms with van der Waals surface area (Å²) in [6, 6.07) is 7.51. The quantitative estimate of drug-likeness (QED) is 0.695. The Bertz CT molecular complexity index is 750. The van der Waals surface area contributed by atoms with Gasteiger partial charge in [-0.3, -0.25) is 9.59 Å². The van der Waals surface area contributed by atoms with Crippen LogP contribution >= 0.6 is 0 Å². The van der Waals surface area contributed by atoms with Gasteiger partial charge in [0.15, 0.2) is 5.82 Å². The predicted octanol–water partition coefficient (Wildman–Crippen LogP) is 3.24. The average molecular weight is 371 g/mol. The van der Waals surface area contributed by atoms with Gasteiger partial charge in [-0.05, 0) is 31.4 Å². The summed E-state index contributed by atoms with van der Waals surface area (Å²) in [5.74, 6) is 0.719. The number of rotatable bonds is 10. The fourth-order valence-electron chi connectivity index (χ4n) is 2.99. The third-order valence-corrected chi connectivity index (χ3v) is 4.29. The van der Waals surface area contributed by atoms with E-state index >= 15 is 0 Å². The van der Waals surface area contributed by atoms with Crippen molar-refractivity contribution < 1.29 is 9.59 Å². The zero-order valence-corrected chi connectivity index (χ0v) is 16.4. The van der Waals surface area contributed by atoms with Crippen molar-refractivity contribution >= 4 is 17.5 Å². The SMILES string of the molecule is CCCN(CCC)C(=O)CCCC(=O)Nc1ccccc1-c1nncn1C. The summed E-state index contributed by atoms with van der Waals surface area (Å²) in [5.41, 5.74) is 1.52. The van der Waals surface area contributed by atoms with Crippen molar-refractivity contribution in [3.05, 3.63) is 30.6 Å². The van der Waals surface area contributed by atoms with Crippen LogP contribution in [0.1, 0.15) is 46.0 Å². The van der Waals surface area contributed by atoms with Gasteiger partial charge in [0.05, 0.1) is 5.69 Å².